The van der Waals surface area contributed by atoms with Crippen molar-refractivity contribution in [3.8, 4) is 0 Å². The van der Waals surface area contributed by atoms with Gasteiger partial charge in [-0.05, 0) is 13.1 Å². The van der Waals surface area contributed by atoms with Gasteiger partial charge >= 0.3 is 5.97 Å². The van der Waals surface area contributed by atoms with Crippen molar-refractivity contribution >= 4 is 16.0 Å². The smallest absolute Gasteiger partial charge is 0.307 e. The molecule has 7 heteroatoms. The van der Waals surface area contributed by atoms with E-state index in [0.29, 0.717) is 13.1 Å². The second-order valence-electron chi connectivity index (χ2n) is 4.39. The van der Waals surface area contributed by atoms with E-state index in [2.05, 4.69) is 4.90 Å². The van der Waals surface area contributed by atoms with E-state index in [1.807, 2.05) is 13.8 Å². The Balaban J connectivity index is 4.57. The van der Waals surface area contributed by atoms with Crippen molar-refractivity contribution in [3.05, 3.63) is 0 Å². The van der Waals surface area contributed by atoms with Gasteiger partial charge in [0, 0.05) is 19.6 Å². The summed E-state index contributed by atoms with van der Waals surface area (Å²) < 4.78 is 24.4. The molecule has 0 aliphatic heterocycles. The maximum atomic E-state index is 11.6. The van der Waals surface area contributed by atoms with Gasteiger partial charge in [0.1, 0.15) is 0 Å². The van der Waals surface area contributed by atoms with Crippen LogP contribution in [0.25, 0.3) is 0 Å². The molecule has 18 heavy (non-hydrogen) atoms. The molecule has 0 rings (SSSR count). The van der Waals surface area contributed by atoms with Crippen LogP contribution in [0, 0.1) is 5.92 Å². The van der Waals surface area contributed by atoms with E-state index in [-0.39, 0.29) is 6.54 Å². The SMILES string of the molecule is CCN(CC)CCN(CC(C)C(=O)O)S(C)(=O)=O. The Hall–Kier alpha value is -0.660. The van der Waals surface area contributed by atoms with Crippen LogP contribution in [0.1, 0.15) is 20.8 Å². The highest BCUT2D eigenvalue weighted by Crippen LogP contribution is 2.05. The summed E-state index contributed by atoms with van der Waals surface area (Å²) >= 11 is 0. The average molecular weight is 280 g/mol. The predicted molar refractivity (Wildman–Crippen MR) is 71.0 cm³/mol. The second-order valence-corrected chi connectivity index (χ2v) is 6.37. The maximum absolute atomic E-state index is 11.6. The van der Waals surface area contributed by atoms with Crippen molar-refractivity contribution in [1.29, 1.82) is 0 Å². The zero-order valence-corrected chi connectivity index (χ0v) is 12.4. The van der Waals surface area contributed by atoms with E-state index in [9.17, 15) is 13.2 Å². The number of likely N-dealkylation sites (N-methyl/N-ethyl adjacent to an activating group) is 1. The Morgan fingerprint density at radius 1 is 1.22 bits per heavy atom. The van der Waals surface area contributed by atoms with Gasteiger partial charge in [-0.3, -0.25) is 4.79 Å². The number of carbonyl (C=O) groups is 1. The van der Waals surface area contributed by atoms with E-state index in [1.54, 1.807) is 0 Å². The van der Waals surface area contributed by atoms with Crippen LogP contribution in [0.15, 0.2) is 0 Å². The molecular formula is C11H24N2O4S. The molecule has 0 radical (unpaired) electrons. The summed E-state index contributed by atoms with van der Waals surface area (Å²) in [4.78, 5) is 12.9. The normalized spacial score (nSPS) is 14.1. The topological polar surface area (TPSA) is 77.9 Å². The third-order valence-corrected chi connectivity index (χ3v) is 4.20. The highest BCUT2D eigenvalue weighted by atomic mass is 32.2. The highest BCUT2D eigenvalue weighted by molar-refractivity contribution is 7.88. The Labute approximate surface area is 110 Å². The number of rotatable bonds is 9. The molecule has 0 amide bonds. The fraction of sp³-hybridized carbons (Fsp3) is 0.909. The minimum atomic E-state index is -3.36. The summed E-state index contributed by atoms with van der Waals surface area (Å²) in [5.41, 5.74) is 0. The van der Waals surface area contributed by atoms with Gasteiger partial charge in [0.15, 0.2) is 0 Å². The van der Waals surface area contributed by atoms with Gasteiger partial charge in [0.2, 0.25) is 10.0 Å². The molecule has 0 spiro atoms. The van der Waals surface area contributed by atoms with E-state index >= 15 is 0 Å². The van der Waals surface area contributed by atoms with E-state index in [1.165, 1.54) is 11.2 Å². The average Bonchev–Trinajstić information content (AvgIpc) is 2.26. The first-order valence-electron chi connectivity index (χ1n) is 6.12. The summed E-state index contributed by atoms with van der Waals surface area (Å²) in [6, 6.07) is 0. The monoisotopic (exact) mass is 280 g/mol. The van der Waals surface area contributed by atoms with Gasteiger partial charge in [-0.2, -0.15) is 0 Å². The van der Waals surface area contributed by atoms with Gasteiger partial charge < -0.3 is 10.0 Å². The summed E-state index contributed by atoms with van der Waals surface area (Å²) in [6.07, 6.45) is 1.11. The van der Waals surface area contributed by atoms with E-state index < -0.39 is 21.9 Å². The number of sulfonamides is 1. The van der Waals surface area contributed by atoms with E-state index in [0.717, 1.165) is 19.3 Å². The lowest BCUT2D eigenvalue weighted by Crippen LogP contribution is -2.41. The first-order valence-corrected chi connectivity index (χ1v) is 7.97. The minimum Gasteiger partial charge on any atom is -0.481 e. The summed E-state index contributed by atoms with van der Waals surface area (Å²) in [6.45, 7) is 8.20. The summed E-state index contributed by atoms with van der Waals surface area (Å²) in [7, 11) is -3.36. The Morgan fingerprint density at radius 2 is 1.72 bits per heavy atom. The first kappa shape index (κ1) is 17.3. The van der Waals surface area contributed by atoms with Crippen LogP contribution in [0.3, 0.4) is 0 Å². The lowest BCUT2D eigenvalue weighted by molar-refractivity contribution is -0.141. The van der Waals surface area contributed by atoms with Gasteiger partial charge in [0.05, 0.1) is 12.2 Å². The Bertz CT molecular complexity index is 352. The number of hydrogen-bond donors (Lipinski definition) is 1. The molecule has 0 fully saturated rings. The van der Waals surface area contributed by atoms with Crippen LogP contribution in [0.4, 0.5) is 0 Å². The predicted octanol–water partition coefficient (Wildman–Crippen LogP) is 0.311. The molecule has 0 aromatic rings. The minimum absolute atomic E-state index is 0.0232. The van der Waals surface area contributed by atoms with Crippen molar-refractivity contribution in [2.24, 2.45) is 5.92 Å². The molecule has 0 aromatic carbocycles. The standard InChI is InChI=1S/C11H24N2O4S/c1-5-12(6-2)7-8-13(18(4,16)17)9-10(3)11(14)15/h10H,5-9H2,1-4H3,(H,14,15). The fourth-order valence-corrected chi connectivity index (χ4v) is 2.48. The first-order chi connectivity index (χ1) is 8.22. The van der Waals surface area contributed by atoms with Crippen LogP contribution in [-0.2, 0) is 14.8 Å². The van der Waals surface area contributed by atoms with Crippen molar-refractivity contribution in [1.82, 2.24) is 9.21 Å². The van der Waals surface area contributed by atoms with E-state index in [4.69, 9.17) is 5.11 Å². The molecule has 0 aliphatic carbocycles. The fourth-order valence-electron chi connectivity index (χ4n) is 1.57. The number of aliphatic carboxylic acids is 1. The van der Waals surface area contributed by atoms with Crippen LogP contribution in [-0.4, -0.2) is 67.7 Å². The van der Waals surface area contributed by atoms with Crippen LogP contribution < -0.4 is 0 Å². The van der Waals surface area contributed by atoms with Crippen LogP contribution >= 0.6 is 0 Å². The van der Waals surface area contributed by atoms with Crippen LogP contribution in [0.5, 0.6) is 0 Å². The molecule has 1 atom stereocenters. The lowest BCUT2D eigenvalue weighted by atomic mass is 10.2. The highest BCUT2D eigenvalue weighted by Gasteiger charge is 2.23. The molecule has 0 saturated carbocycles. The number of carboxylic acids is 1. The number of hydrogen-bond acceptors (Lipinski definition) is 4. The third kappa shape index (κ3) is 6.32. The molecule has 6 nitrogen and oxygen atoms in total. The summed E-state index contributed by atoms with van der Waals surface area (Å²) in [5.74, 6) is -1.68. The molecule has 1 N–H and O–H groups in total. The zero-order chi connectivity index (χ0) is 14.3. The Kier molecular flexibility index (Phi) is 7.42. The van der Waals surface area contributed by atoms with Crippen molar-refractivity contribution in [2.45, 2.75) is 20.8 Å². The van der Waals surface area contributed by atoms with Gasteiger partial charge in [-0.1, -0.05) is 20.8 Å². The van der Waals surface area contributed by atoms with Crippen molar-refractivity contribution in [2.75, 3.05) is 39.0 Å². The van der Waals surface area contributed by atoms with Crippen molar-refractivity contribution in [3.63, 3.8) is 0 Å². The number of carboxylic acid groups (broad SMARTS) is 1. The molecule has 1 unspecified atom stereocenters. The molecule has 108 valence electrons. The molecule has 0 aromatic heterocycles. The second kappa shape index (κ2) is 7.70. The number of nitrogens with zero attached hydrogens (tertiary/aromatic N) is 2. The summed E-state index contributed by atoms with van der Waals surface area (Å²) in [5, 5.41) is 8.83. The van der Waals surface area contributed by atoms with Gasteiger partial charge in [-0.25, -0.2) is 12.7 Å². The molecule has 0 bridgehead atoms. The molecule has 0 aliphatic rings. The molecule has 0 heterocycles. The maximum Gasteiger partial charge on any atom is 0.307 e. The lowest BCUT2D eigenvalue weighted by Gasteiger charge is -2.25. The zero-order valence-electron chi connectivity index (χ0n) is 11.6. The quantitative estimate of drug-likeness (QED) is 0.657. The van der Waals surface area contributed by atoms with Crippen LogP contribution in [0.2, 0.25) is 0 Å². The van der Waals surface area contributed by atoms with Gasteiger partial charge in [-0.15, -0.1) is 0 Å². The Morgan fingerprint density at radius 3 is 2.06 bits per heavy atom. The molecular weight excluding hydrogens is 256 g/mol. The molecule has 0 saturated heterocycles. The third-order valence-electron chi connectivity index (χ3n) is 2.93. The van der Waals surface area contributed by atoms with Crippen molar-refractivity contribution < 1.29 is 18.3 Å². The largest absolute Gasteiger partial charge is 0.481 e. The van der Waals surface area contributed by atoms with Gasteiger partial charge in [0.25, 0.3) is 0 Å².